The quantitative estimate of drug-likeness (QED) is 0.525. The number of pyridine rings is 1. The van der Waals surface area contributed by atoms with Crippen LogP contribution >= 0.6 is 12.2 Å². The standard InChI is InChI=1S/C22H26N6O3S/c1-2-26-12-16(20(30)31)18(29)15-11-23-21(25-19(15)26)27-5-7-28(8-6-27)22(32)24-17-10-13-3-4-14(17)9-13/h3-4,11-14,17H,2,5-10H2,1H3,(H,24,32)(H,30,31)/t13-,14+,17-/m1/s1. The molecule has 10 heteroatoms. The Morgan fingerprint density at radius 3 is 2.66 bits per heavy atom. The Kier molecular flexibility index (Phi) is 5.32. The molecule has 9 nitrogen and oxygen atoms in total. The Balaban J connectivity index is 1.29. The molecule has 0 spiro atoms. The van der Waals surface area contributed by atoms with Crippen molar-refractivity contribution in [1.29, 1.82) is 0 Å². The number of carbonyl (C=O) groups is 1. The summed E-state index contributed by atoms with van der Waals surface area (Å²) in [5.74, 6) is 0.599. The Morgan fingerprint density at radius 2 is 2.03 bits per heavy atom. The van der Waals surface area contributed by atoms with Gasteiger partial charge in [-0.15, -0.1) is 0 Å². The Labute approximate surface area is 190 Å². The van der Waals surface area contributed by atoms with Gasteiger partial charge in [-0.3, -0.25) is 4.79 Å². The first-order chi connectivity index (χ1) is 15.4. The number of hydrogen-bond acceptors (Lipinski definition) is 6. The molecule has 1 aliphatic heterocycles. The molecule has 2 bridgehead atoms. The van der Waals surface area contributed by atoms with E-state index in [4.69, 9.17) is 12.2 Å². The van der Waals surface area contributed by atoms with Crippen molar-refractivity contribution >= 4 is 40.3 Å². The van der Waals surface area contributed by atoms with Gasteiger partial charge in [0.15, 0.2) is 5.11 Å². The van der Waals surface area contributed by atoms with Gasteiger partial charge in [0.1, 0.15) is 11.2 Å². The summed E-state index contributed by atoms with van der Waals surface area (Å²) in [6.07, 6.45) is 9.85. The number of nitrogens with one attached hydrogen (secondary N) is 1. The largest absolute Gasteiger partial charge is 0.477 e. The molecule has 3 heterocycles. The lowest BCUT2D eigenvalue weighted by atomic mass is 10.0. The van der Waals surface area contributed by atoms with E-state index < -0.39 is 11.4 Å². The first kappa shape index (κ1) is 20.9. The van der Waals surface area contributed by atoms with Crippen LogP contribution in [0.1, 0.15) is 30.1 Å². The van der Waals surface area contributed by atoms with E-state index in [1.165, 1.54) is 18.8 Å². The number of hydrogen-bond donors (Lipinski definition) is 2. The fraction of sp³-hybridized carbons (Fsp3) is 0.500. The molecule has 0 aromatic carbocycles. The second-order valence-corrected chi connectivity index (χ2v) is 9.07. The lowest BCUT2D eigenvalue weighted by Gasteiger charge is -2.37. The molecule has 3 aliphatic rings. The molecule has 1 saturated heterocycles. The number of aromatic carboxylic acids is 1. The molecule has 0 unspecified atom stereocenters. The lowest BCUT2D eigenvalue weighted by Crippen LogP contribution is -2.54. The molecule has 2 N–H and O–H groups in total. The zero-order valence-corrected chi connectivity index (χ0v) is 18.7. The summed E-state index contributed by atoms with van der Waals surface area (Å²) < 4.78 is 1.68. The van der Waals surface area contributed by atoms with E-state index in [1.807, 2.05) is 6.92 Å². The van der Waals surface area contributed by atoms with Crippen molar-refractivity contribution in [3.8, 4) is 0 Å². The Morgan fingerprint density at radius 1 is 1.25 bits per heavy atom. The van der Waals surface area contributed by atoms with E-state index in [0.717, 1.165) is 24.6 Å². The number of carboxylic acids is 1. The average molecular weight is 455 g/mol. The van der Waals surface area contributed by atoms with Gasteiger partial charge in [-0.1, -0.05) is 12.2 Å². The van der Waals surface area contributed by atoms with E-state index in [2.05, 4.69) is 37.2 Å². The van der Waals surface area contributed by atoms with E-state index in [0.29, 0.717) is 49.1 Å². The highest BCUT2D eigenvalue weighted by Gasteiger charge is 2.36. The highest BCUT2D eigenvalue weighted by atomic mass is 32.1. The fourth-order valence-corrected chi connectivity index (χ4v) is 5.35. The minimum absolute atomic E-state index is 0.222. The summed E-state index contributed by atoms with van der Waals surface area (Å²) in [6, 6.07) is 0.445. The SMILES string of the molecule is CCn1cc(C(=O)O)c(=O)c2cnc(N3CCN(C(=S)N[C@@H]4C[C@@H]5C=C[C@H]4C5)CC3)nc21. The number of rotatable bonds is 4. The minimum atomic E-state index is -1.25. The summed E-state index contributed by atoms with van der Waals surface area (Å²) >= 11 is 5.68. The maximum atomic E-state index is 12.5. The van der Waals surface area contributed by atoms with Gasteiger partial charge >= 0.3 is 5.97 Å². The number of thiocarbonyl (C=S) groups is 1. The molecule has 2 aromatic rings. The van der Waals surface area contributed by atoms with Gasteiger partial charge < -0.3 is 24.8 Å². The number of piperazine rings is 1. The Hall–Kier alpha value is -3.01. The second kappa shape index (κ2) is 8.16. The van der Waals surface area contributed by atoms with Crippen molar-refractivity contribution in [2.24, 2.45) is 11.8 Å². The average Bonchev–Trinajstić information content (AvgIpc) is 3.42. The van der Waals surface area contributed by atoms with E-state index >= 15 is 0 Å². The zero-order chi connectivity index (χ0) is 22.4. The summed E-state index contributed by atoms with van der Waals surface area (Å²) in [5.41, 5.74) is -0.367. The molecule has 2 aromatic heterocycles. The molecule has 5 rings (SSSR count). The number of nitrogens with zero attached hydrogens (tertiary/aromatic N) is 5. The predicted molar refractivity (Wildman–Crippen MR) is 125 cm³/mol. The van der Waals surface area contributed by atoms with Crippen LogP contribution in [0, 0.1) is 11.8 Å². The number of aryl methyl sites for hydroxylation is 1. The van der Waals surface area contributed by atoms with Gasteiger partial charge in [-0.05, 0) is 43.8 Å². The van der Waals surface area contributed by atoms with Crippen LogP contribution in [0.3, 0.4) is 0 Å². The van der Waals surface area contributed by atoms with Crippen LogP contribution < -0.4 is 15.6 Å². The molecule has 2 fully saturated rings. The predicted octanol–water partition coefficient (Wildman–Crippen LogP) is 1.47. The molecule has 1 saturated carbocycles. The smallest absolute Gasteiger partial charge is 0.341 e. The third-order valence-electron chi connectivity index (χ3n) is 6.81. The van der Waals surface area contributed by atoms with Crippen LogP contribution in [0.5, 0.6) is 0 Å². The van der Waals surface area contributed by atoms with Crippen molar-refractivity contribution in [3.05, 3.63) is 40.3 Å². The molecule has 32 heavy (non-hydrogen) atoms. The van der Waals surface area contributed by atoms with Gasteiger partial charge in [-0.2, -0.15) is 4.98 Å². The van der Waals surface area contributed by atoms with Crippen molar-refractivity contribution in [3.63, 3.8) is 0 Å². The molecule has 0 amide bonds. The molecular weight excluding hydrogens is 428 g/mol. The van der Waals surface area contributed by atoms with Crippen LogP contribution in [0.15, 0.2) is 29.3 Å². The number of anilines is 1. The third-order valence-corrected chi connectivity index (χ3v) is 7.19. The monoisotopic (exact) mass is 454 g/mol. The summed E-state index contributed by atoms with van der Waals surface area (Å²) in [5, 5.41) is 13.9. The zero-order valence-electron chi connectivity index (χ0n) is 17.9. The van der Waals surface area contributed by atoms with Crippen LogP contribution in [-0.4, -0.2) is 67.8 Å². The summed E-state index contributed by atoms with van der Waals surface area (Å²) in [6.45, 7) is 5.35. The van der Waals surface area contributed by atoms with Crippen LogP contribution in [0.2, 0.25) is 0 Å². The van der Waals surface area contributed by atoms with Crippen molar-refractivity contribution in [2.45, 2.75) is 32.4 Å². The minimum Gasteiger partial charge on any atom is -0.477 e. The van der Waals surface area contributed by atoms with E-state index in [9.17, 15) is 14.7 Å². The van der Waals surface area contributed by atoms with Crippen LogP contribution in [0.25, 0.3) is 11.0 Å². The van der Waals surface area contributed by atoms with Crippen LogP contribution in [-0.2, 0) is 6.54 Å². The summed E-state index contributed by atoms with van der Waals surface area (Å²) in [7, 11) is 0. The number of allylic oxidation sites excluding steroid dienone is 1. The van der Waals surface area contributed by atoms with Gasteiger partial charge in [0.05, 0.1) is 5.39 Å². The van der Waals surface area contributed by atoms with Crippen molar-refractivity contribution in [1.82, 2.24) is 24.8 Å². The molecule has 3 atom stereocenters. The lowest BCUT2D eigenvalue weighted by molar-refractivity contribution is 0.0695. The summed E-state index contributed by atoms with van der Waals surface area (Å²) in [4.78, 5) is 37.2. The topological polar surface area (TPSA) is 104 Å². The van der Waals surface area contributed by atoms with Gasteiger partial charge in [0, 0.05) is 51.2 Å². The van der Waals surface area contributed by atoms with Crippen LogP contribution in [0.4, 0.5) is 5.95 Å². The normalized spacial score (nSPS) is 24.3. The van der Waals surface area contributed by atoms with Gasteiger partial charge in [-0.25, -0.2) is 9.78 Å². The molecule has 168 valence electrons. The third kappa shape index (κ3) is 3.62. The van der Waals surface area contributed by atoms with Crippen molar-refractivity contribution < 1.29 is 9.90 Å². The first-order valence-electron chi connectivity index (χ1n) is 11.1. The van der Waals surface area contributed by atoms with Gasteiger partial charge in [0.25, 0.3) is 0 Å². The molecule has 2 aliphatic carbocycles. The number of fused-ring (bicyclic) bond motifs is 3. The highest BCUT2D eigenvalue weighted by Crippen LogP contribution is 2.39. The maximum Gasteiger partial charge on any atom is 0.341 e. The maximum absolute atomic E-state index is 12.5. The Bertz CT molecular complexity index is 1170. The first-order valence-corrected chi connectivity index (χ1v) is 11.5. The fourth-order valence-electron chi connectivity index (χ4n) is 5.02. The molecular formula is C22H26N6O3S. The molecule has 0 radical (unpaired) electrons. The number of carboxylic acid groups (broad SMARTS) is 1. The van der Waals surface area contributed by atoms with Gasteiger partial charge in [0.2, 0.25) is 11.4 Å². The highest BCUT2D eigenvalue weighted by molar-refractivity contribution is 7.80. The van der Waals surface area contributed by atoms with E-state index in [1.54, 1.807) is 4.57 Å². The number of aromatic nitrogens is 3. The van der Waals surface area contributed by atoms with Crippen molar-refractivity contribution in [2.75, 3.05) is 31.1 Å². The van der Waals surface area contributed by atoms with E-state index in [-0.39, 0.29) is 10.9 Å². The second-order valence-electron chi connectivity index (χ2n) is 8.68.